The molecule has 0 amide bonds. The van der Waals surface area contributed by atoms with Crippen LogP contribution >= 0.6 is 0 Å². The van der Waals surface area contributed by atoms with E-state index in [1.165, 1.54) is 44.9 Å². The molecule has 0 aromatic carbocycles. The second-order valence-corrected chi connectivity index (χ2v) is 3.67. The number of rotatable bonds is 0. The second kappa shape index (κ2) is 5.59. The van der Waals surface area contributed by atoms with Crippen LogP contribution in [0.25, 0.3) is 0 Å². The van der Waals surface area contributed by atoms with Crippen molar-refractivity contribution in [3.05, 3.63) is 0 Å². The summed E-state index contributed by atoms with van der Waals surface area (Å²) in [6, 6.07) is 0. The van der Waals surface area contributed by atoms with Gasteiger partial charge in [0.2, 0.25) is 0 Å². The van der Waals surface area contributed by atoms with E-state index in [4.69, 9.17) is 0 Å². The zero-order chi connectivity index (χ0) is 7.94. The maximum Gasteiger partial charge on any atom is 0.0930 e. The Bertz CT molecular complexity index is 80.9. The molecular weight excluding hydrogens is 136 g/mol. The third kappa shape index (κ3) is 4.41. The summed E-state index contributed by atoms with van der Waals surface area (Å²) in [6.45, 7) is 0. The van der Waals surface area contributed by atoms with E-state index < -0.39 is 0 Å². The van der Waals surface area contributed by atoms with E-state index in [0.29, 0.717) is 0 Å². The Morgan fingerprint density at radius 2 is 1.00 bits per heavy atom. The molecule has 0 bridgehead atoms. The van der Waals surface area contributed by atoms with Crippen molar-refractivity contribution in [2.75, 3.05) is 0 Å². The first-order chi connectivity index (χ1) is 5.39. The summed E-state index contributed by atoms with van der Waals surface area (Å²) < 4.78 is 0. The molecule has 1 nitrogen and oxygen atoms in total. The lowest BCUT2D eigenvalue weighted by atomic mass is 9.99. The van der Waals surface area contributed by atoms with Crippen LogP contribution in [0, 0.1) is 0 Å². The van der Waals surface area contributed by atoms with Gasteiger partial charge in [-0.15, -0.1) is 0 Å². The molecule has 0 unspecified atom stereocenters. The standard InChI is InChI=1S/C10H19O/c11-10-8-6-4-2-1-3-5-7-9-10/h10H,1-9H2. The van der Waals surface area contributed by atoms with Gasteiger partial charge in [0.15, 0.2) is 0 Å². The molecule has 1 aliphatic rings. The van der Waals surface area contributed by atoms with Gasteiger partial charge in [-0.1, -0.05) is 44.9 Å². The highest BCUT2D eigenvalue weighted by atomic mass is 16.3. The fourth-order valence-corrected chi connectivity index (χ4v) is 1.77. The number of hydrogen-bond acceptors (Lipinski definition) is 0. The van der Waals surface area contributed by atoms with Crippen molar-refractivity contribution < 1.29 is 5.11 Å². The molecule has 0 saturated heterocycles. The van der Waals surface area contributed by atoms with E-state index in [9.17, 15) is 5.11 Å². The first-order valence-electron chi connectivity index (χ1n) is 5.05. The highest BCUT2D eigenvalue weighted by Crippen LogP contribution is 2.16. The average molecular weight is 155 g/mol. The van der Waals surface area contributed by atoms with Crippen LogP contribution in [0.2, 0.25) is 0 Å². The fraction of sp³-hybridized carbons (Fsp3) is 1.00. The van der Waals surface area contributed by atoms with E-state index in [1.54, 1.807) is 0 Å². The molecule has 1 aliphatic carbocycles. The van der Waals surface area contributed by atoms with Gasteiger partial charge in [-0.05, 0) is 12.8 Å². The lowest BCUT2D eigenvalue weighted by Gasteiger charge is -2.10. The third-order valence-corrected chi connectivity index (χ3v) is 2.55. The summed E-state index contributed by atoms with van der Waals surface area (Å²) in [5.41, 5.74) is 0. The first-order valence-corrected chi connectivity index (χ1v) is 5.05. The summed E-state index contributed by atoms with van der Waals surface area (Å²) in [5.74, 6) is 0. The monoisotopic (exact) mass is 155 g/mol. The second-order valence-electron chi connectivity index (χ2n) is 3.67. The Morgan fingerprint density at radius 3 is 1.45 bits per heavy atom. The van der Waals surface area contributed by atoms with Crippen LogP contribution in [0.4, 0.5) is 0 Å². The van der Waals surface area contributed by atoms with Gasteiger partial charge < -0.3 is 0 Å². The summed E-state index contributed by atoms with van der Waals surface area (Å²) >= 11 is 0. The van der Waals surface area contributed by atoms with E-state index in [-0.39, 0.29) is 6.10 Å². The van der Waals surface area contributed by atoms with Gasteiger partial charge in [0.05, 0.1) is 6.10 Å². The van der Waals surface area contributed by atoms with Crippen molar-refractivity contribution >= 4 is 0 Å². The molecule has 1 saturated carbocycles. The Labute approximate surface area is 69.8 Å². The van der Waals surface area contributed by atoms with Crippen LogP contribution in [0.1, 0.15) is 57.8 Å². The molecule has 1 fully saturated rings. The van der Waals surface area contributed by atoms with Crippen LogP contribution < -0.4 is 0 Å². The zero-order valence-electron chi connectivity index (χ0n) is 7.35. The first kappa shape index (κ1) is 9.05. The smallest absolute Gasteiger partial charge is 0.0930 e. The van der Waals surface area contributed by atoms with Crippen LogP contribution in [0.3, 0.4) is 0 Å². The van der Waals surface area contributed by atoms with Crippen LogP contribution in [0.15, 0.2) is 0 Å². The SMILES string of the molecule is [O]C1CCCCCCCCC1. The van der Waals surface area contributed by atoms with Crippen molar-refractivity contribution in [2.24, 2.45) is 0 Å². The van der Waals surface area contributed by atoms with Crippen LogP contribution in [-0.4, -0.2) is 6.10 Å². The highest BCUT2D eigenvalue weighted by Gasteiger charge is 2.06. The molecule has 0 spiro atoms. The van der Waals surface area contributed by atoms with Gasteiger partial charge in [-0.2, -0.15) is 0 Å². The van der Waals surface area contributed by atoms with Gasteiger partial charge in [0.1, 0.15) is 0 Å². The van der Waals surface area contributed by atoms with E-state index in [0.717, 1.165) is 12.8 Å². The molecule has 0 aromatic rings. The minimum Gasteiger partial charge on any atom is -0.233 e. The predicted octanol–water partition coefficient (Wildman–Crippen LogP) is 3.31. The highest BCUT2D eigenvalue weighted by molar-refractivity contribution is 4.58. The predicted molar refractivity (Wildman–Crippen MR) is 46.0 cm³/mol. The van der Waals surface area contributed by atoms with Crippen molar-refractivity contribution in [1.29, 1.82) is 0 Å². The molecular formula is C10H19O. The number of hydrogen-bond donors (Lipinski definition) is 0. The molecule has 0 aliphatic heterocycles. The molecule has 1 rings (SSSR count). The summed E-state index contributed by atoms with van der Waals surface area (Å²) in [4.78, 5) is 0. The summed E-state index contributed by atoms with van der Waals surface area (Å²) in [5, 5.41) is 11.2. The minimum absolute atomic E-state index is 0.243. The van der Waals surface area contributed by atoms with Crippen LogP contribution in [0.5, 0.6) is 0 Å². The average Bonchev–Trinajstić information content (AvgIpc) is 2.03. The molecule has 0 atom stereocenters. The normalized spacial score (nSPS) is 24.8. The lowest BCUT2D eigenvalue weighted by Crippen LogP contribution is -2.04. The third-order valence-electron chi connectivity index (χ3n) is 2.55. The van der Waals surface area contributed by atoms with Crippen molar-refractivity contribution in [1.82, 2.24) is 0 Å². The summed E-state index contributed by atoms with van der Waals surface area (Å²) in [6.07, 6.45) is 10.6. The van der Waals surface area contributed by atoms with E-state index in [1.807, 2.05) is 0 Å². The molecule has 0 aromatic heterocycles. The molecule has 1 radical (unpaired) electrons. The minimum atomic E-state index is -0.243. The summed E-state index contributed by atoms with van der Waals surface area (Å²) in [7, 11) is 0. The quantitative estimate of drug-likeness (QED) is 0.511. The van der Waals surface area contributed by atoms with Gasteiger partial charge in [0, 0.05) is 0 Å². The lowest BCUT2D eigenvalue weighted by molar-refractivity contribution is 0.0679. The maximum absolute atomic E-state index is 11.2. The van der Waals surface area contributed by atoms with E-state index >= 15 is 0 Å². The topological polar surface area (TPSA) is 19.9 Å². The van der Waals surface area contributed by atoms with Gasteiger partial charge >= 0.3 is 0 Å². The Hall–Kier alpha value is -0.0400. The van der Waals surface area contributed by atoms with Gasteiger partial charge in [0.25, 0.3) is 0 Å². The van der Waals surface area contributed by atoms with Gasteiger partial charge in [-0.25, -0.2) is 5.11 Å². The van der Waals surface area contributed by atoms with Gasteiger partial charge in [-0.3, -0.25) is 0 Å². The molecule has 0 N–H and O–H groups in total. The Morgan fingerprint density at radius 1 is 0.636 bits per heavy atom. The van der Waals surface area contributed by atoms with Crippen LogP contribution in [-0.2, 0) is 5.11 Å². The van der Waals surface area contributed by atoms with E-state index in [2.05, 4.69) is 0 Å². The molecule has 11 heavy (non-hydrogen) atoms. The molecule has 0 heterocycles. The maximum atomic E-state index is 11.2. The largest absolute Gasteiger partial charge is 0.233 e. The fourth-order valence-electron chi connectivity index (χ4n) is 1.77. The van der Waals surface area contributed by atoms with Crippen molar-refractivity contribution in [3.63, 3.8) is 0 Å². The zero-order valence-corrected chi connectivity index (χ0v) is 7.35. The Balaban J connectivity index is 2.12. The Kier molecular flexibility index (Phi) is 4.60. The van der Waals surface area contributed by atoms with Crippen molar-refractivity contribution in [2.45, 2.75) is 63.9 Å². The molecule has 65 valence electrons. The van der Waals surface area contributed by atoms with Crippen molar-refractivity contribution in [3.8, 4) is 0 Å². The molecule has 1 heteroatoms.